The molecule has 0 aliphatic rings. The van der Waals surface area contributed by atoms with Crippen LogP contribution in [-0.2, 0) is 26.4 Å². The molecule has 0 rings (SSSR count). The molecule has 27 heavy (non-hydrogen) atoms. The summed E-state index contributed by atoms with van der Waals surface area (Å²) in [5.74, 6) is -0.240. The maximum atomic E-state index is 10.1. The third kappa shape index (κ3) is 37.0. The Hall–Kier alpha value is -0.554. The SMILES string of the molecule is CC(C)CCCCCCCC(=O)[O-].CC(C)CCCCCCCC(=O)[O-].[Co+2]. The second-order valence-corrected chi connectivity index (χ2v) is 8.14. The minimum absolute atomic E-state index is 0. The fourth-order valence-electron chi connectivity index (χ4n) is 2.70. The summed E-state index contributed by atoms with van der Waals surface area (Å²) < 4.78 is 0. The molecule has 5 heteroatoms. The molecule has 0 saturated carbocycles. The summed E-state index contributed by atoms with van der Waals surface area (Å²) in [4.78, 5) is 20.1. The molecule has 4 nitrogen and oxygen atoms in total. The van der Waals surface area contributed by atoms with Gasteiger partial charge in [0, 0.05) is 11.9 Å². The van der Waals surface area contributed by atoms with Crippen LogP contribution in [0.25, 0.3) is 0 Å². The van der Waals surface area contributed by atoms with Gasteiger partial charge in [0.2, 0.25) is 0 Å². The number of carbonyl (C=O) groups excluding carboxylic acids is 2. The number of aliphatic carboxylic acids is 2. The van der Waals surface area contributed by atoms with Gasteiger partial charge in [-0.15, -0.1) is 0 Å². The molecule has 0 N–H and O–H groups in total. The van der Waals surface area contributed by atoms with Gasteiger partial charge < -0.3 is 19.8 Å². The van der Waals surface area contributed by atoms with Gasteiger partial charge in [-0.1, -0.05) is 91.9 Å². The Bertz CT molecular complexity index is 298. The molecule has 0 atom stereocenters. The summed E-state index contributed by atoms with van der Waals surface area (Å²) in [6.45, 7) is 8.93. The van der Waals surface area contributed by atoms with Crippen molar-refractivity contribution in [3.63, 3.8) is 0 Å². The number of rotatable bonds is 16. The molecule has 0 spiro atoms. The van der Waals surface area contributed by atoms with Gasteiger partial charge in [0.1, 0.15) is 0 Å². The Balaban J connectivity index is -0.000000411. The van der Waals surface area contributed by atoms with Gasteiger partial charge in [-0.25, -0.2) is 0 Å². The summed E-state index contributed by atoms with van der Waals surface area (Å²) in [5.41, 5.74) is 0. The molecule has 0 unspecified atom stereocenters. The van der Waals surface area contributed by atoms with Crippen LogP contribution in [0, 0.1) is 11.8 Å². The van der Waals surface area contributed by atoms with Gasteiger partial charge in [0.05, 0.1) is 0 Å². The van der Waals surface area contributed by atoms with Crippen molar-refractivity contribution in [3.05, 3.63) is 0 Å². The van der Waals surface area contributed by atoms with Crippen LogP contribution in [0.1, 0.15) is 118 Å². The van der Waals surface area contributed by atoms with Crippen LogP contribution < -0.4 is 10.2 Å². The quantitative estimate of drug-likeness (QED) is 0.344. The van der Waals surface area contributed by atoms with Crippen LogP contribution in [0.15, 0.2) is 0 Å². The summed E-state index contributed by atoms with van der Waals surface area (Å²) in [6.07, 6.45) is 14.0. The van der Waals surface area contributed by atoms with E-state index in [-0.39, 0.29) is 29.6 Å². The molecule has 0 aromatic carbocycles. The normalized spacial score (nSPS) is 10.3. The molecule has 163 valence electrons. The average molecular weight is 430 g/mol. The van der Waals surface area contributed by atoms with E-state index in [4.69, 9.17) is 0 Å². The molecule has 0 amide bonds. The number of hydrogen-bond acceptors (Lipinski definition) is 4. The van der Waals surface area contributed by atoms with Gasteiger partial charge >= 0.3 is 16.8 Å². The van der Waals surface area contributed by atoms with Crippen LogP contribution in [0.2, 0.25) is 0 Å². The molecule has 0 heterocycles. The Kier molecular flexibility index (Phi) is 27.1. The van der Waals surface area contributed by atoms with E-state index < -0.39 is 11.9 Å². The molecule has 0 aliphatic heterocycles. The van der Waals surface area contributed by atoms with Gasteiger partial charge in [-0.05, 0) is 37.5 Å². The summed E-state index contributed by atoms with van der Waals surface area (Å²) in [6, 6.07) is 0. The number of carboxylic acid groups (broad SMARTS) is 2. The first kappa shape index (κ1) is 31.2. The number of carbonyl (C=O) groups is 2. The van der Waals surface area contributed by atoms with E-state index >= 15 is 0 Å². The van der Waals surface area contributed by atoms with Gasteiger partial charge in [0.15, 0.2) is 0 Å². The maximum Gasteiger partial charge on any atom is 2.00 e. The second kappa shape index (κ2) is 23.5. The topological polar surface area (TPSA) is 80.3 Å². The smallest absolute Gasteiger partial charge is 0.550 e. The maximum absolute atomic E-state index is 10.1. The average Bonchev–Trinajstić information content (AvgIpc) is 2.52. The van der Waals surface area contributed by atoms with Crippen molar-refractivity contribution in [2.24, 2.45) is 11.8 Å². The van der Waals surface area contributed by atoms with Crippen molar-refractivity contribution < 1.29 is 36.6 Å². The Morgan fingerprint density at radius 2 is 0.815 bits per heavy atom. The predicted octanol–water partition coefficient (Wildman–Crippen LogP) is 4.24. The number of unbranched alkanes of at least 4 members (excludes halogenated alkanes) is 8. The van der Waals surface area contributed by atoms with Gasteiger partial charge in [-0.3, -0.25) is 0 Å². The third-order valence-electron chi connectivity index (χ3n) is 4.32. The van der Waals surface area contributed by atoms with Crippen molar-refractivity contribution in [1.82, 2.24) is 0 Å². The van der Waals surface area contributed by atoms with Crippen molar-refractivity contribution in [3.8, 4) is 0 Å². The standard InChI is InChI=1S/2C11H22O2.Co/c2*1-10(2)8-6-4-3-5-7-9-11(12)13;/h2*10H,3-9H2,1-2H3,(H,12,13);/q;;+2/p-2. The van der Waals surface area contributed by atoms with Crippen molar-refractivity contribution in [2.45, 2.75) is 118 Å². The Morgan fingerprint density at radius 3 is 1.07 bits per heavy atom. The molecule has 0 fully saturated rings. The summed E-state index contributed by atoms with van der Waals surface area (Å²) >= 11 is 0. The molecule has 0 aromatic rings. The van der Waals surface area contributed by atoms with Crippen LogP contribution in [0.5, 0.6) is 0 Å². The molecule has 1 radical (unpaired) electrons. The number of hydrogen-bond donors (Lipinski definition) is 0. The predicted molar refractivity (Wildman–Crippen MR) is 104 cm³/mol. The first-order chi connectivity index (χ1) is 12.3. The second-order valence-electron chi connectivity index (χ2n) is 8.14. The van der Waals surface area contributed by atoms with E-state index in [1.54, 1.807) is 0 Å². The number of carboxylic acids is 2. The van der Waals surface area contributed by atoms with Crippen LogP contribution in [-0.4, -0.2) is 11.9 Å². The van der Waals surface area contributed by atoms with E-state index in [1.807, 2.05) is 0 Å². The van der Waals surface area contributed by atoms with Crippen molar-refractivity contribution >= 4 is 11.9 Å². The Morgan fingerprint density at radius 1 is 0.556 bits per heavy atom. The minimum Gasteiger partial charge on any atom is -0.550 e. The molecular formula is C22H42CoO4. The molecule has 0 aliphatic carbocycles. The van der Waals surface area contributed by atoms with E-state index in [0.717, 1.165) is 37.5 Å². The van der Waals surface area contributed by atoms with Crippen molar-refractivity contribution in [1.29, 1.82) is 0 Å². The molecule has 0 saturated heterocycles. The zero-order valence-electron chi connectivity index (χ0n) is 18.0. The first-order valence-corrected chi connectivity index (χ1v) is 10.6. The van der Waals surface area contributed by atoms with Crippen LogP contribution in [0.3, 0.4) is 0 Å². The molecular weight excluding hydrogens is 387 g/mol. The van der Waals surface area contributed by atoms with Crippen LogP contribution >= 0.6 is 0 Å². The van der Waals surface area contributed by atoms with Crippen LogP contribution in [0.4, 0.5) is 0 Å². The fourth-order valence-corrected chi connectivity index (χ4v) is 2.70. The van der Waals surface area contributed by atoms with Gasteiger partial charge in [-0.2, -0.15) is 0 Å². The largest absolute Gasteiger partial charge is 2.00 e. The Labute approximate surface area is 178 Å². The van der Waals surface area contributed by atoms with Gasteiger partial charge in [0.25, 0.3) is 0 Å². The monoisotopic (exact) mass is 429 g/mol. The van der Waals surface area contributed by atoms with E-state index in [0.29, 0.717) is 0 Å². The molecule has 0 aromatic heterocycles. The van der Waals surface area contributed by atoms with E-state index in [2.05, 4.69) is 27.7 Å². The first-order valence-electron chi connectivity index (χ1n) is 10.6. The summed E-state index contributed by atoms with van der Waals surface area (Å²) in [7, 11) is 0. The summed E-state index contributed by atoms with van der Waals surface area (Å²) in [5, 5.41) is 20.1. The third-order valence-corrected chi connectivity index (χ3v) is 4.32. The van der Waals surface area contributed by atoms with E-state index in [9.17, 15) is 19.8 Å². The van der Waals surface area contributed by atoms with Crippen molar-refractivity contribution in [2.75, 3.05) is 0 Å². The molecule has 0 bridgehead atoms. The fraction of sp³-hybridized carbons (Fsp3) is 0.909. The van der Waals surface area contributed by atoms with E-state index in [1.165, 1.54) is 51.4 Å². The zero-order chi connectivity index (χ0) is 20.2. The zero-order valence-corrected chi connectivity index (χ0v) is 19.1. The minimum atomic E-state index is -0.915.